The Morgan fingerprint density at radius 2 is 1.90 bits per heavy atom. The second kappa shape index (κ2) is 7.38. The third kappa shape index (κ3) is 4.41. The molecular formula is C17H22N2OS. The molecule has 1 aromatic heterocycles. The predicted molar refractivity (Wildman–Crippen MR) is 88.2 cm³/mol. The van der Waals surface area contributed by atoms with Gasteiger partial charge in [-0.25, -0.2) is 0 Å². The molecule has 0 saturated heterocycles. The summed E-state index contributed by atoms with van der Waals surface area (Å²) in [5, 5.41) is 5.11. The first-order valence-corrected chi connectivity index (χ1v) is 8.10. The van der Waals surface area contributed by atoms with E-state index in [0.29, 0.717) is 12.3 Å². The molecule has 21 heavy (non-hydrogen) atoms. The van der Waals surface area contributed by atoms with Gasteiger partial charge in [-0.15, -0.1) is 11.3 Å². The molecule has 0 spiro atoms. The zero-order valence-corrected chi connectivity index (χ0v) is 13.3. The summed E-state index contributed by atoms with van der Waals surface area (Å²) in [5.41, 5.74) is 7.06. The smallest absolute Gasteiger partial charge is 0.237 e. The Balaban J connectivity index is 2.16. The maximum absolute atomic E-state index is 12.3. The van der Waals surface area contributed by atoms with E-state index in [2.05, 4.69) is 19.2 Å². The summed E-state index contributed by atoms with van der Waals surface area (Å²) in [6.07, 6.45) is 0.692. The Labute approximate surface area is 130 Å². The van der Waals surface area contributed by atoms with Crippen molar-refractivity contribution >= 4 is 17.2 Å². The zero-order chi connectivity index (χ0) is 15.2. The third-order valence-corrected chi connectivity index (χ3v) is 4.25. The first-order chi connectivity index (χ1) is 10.1. The van der Waals surface area contributed by atoms with Crippen LogP contribution in [0.15, 0.2) is 47.8 Å². The lowest BCUT2D eigenvalue weighted by atomic mass is 10.0. The van der Waals surface area contributed by atoms with Crippen LogP contribution < -0.4 is 11.1 Å². The molecule has 3 N–H and O–H groups in total. The number of nitrogens with two attached hydrogens (primary N) is 1. The highest BCUT2D eigenvalue weighted by Gasteiger charge is 2.21. The molecule has 0 bridgehead atoms. The number of carbonyl (C=O) groups excluding carboxylic acids is 1. The fraction of sp³-hybridized carbons (Fsp3) is 0.353. The molecular weight excluding hydrogens is 280 g/mol. The van der Waals surface area contributed by atoms with Crippen molar-refractivity contribution in [3.8, 4) is 0 Å². The van der Waals surface area contributed by atoms with E-state index in [4.69, 9.17) is 5.73 Å². The van der Waals surface area contributed by atoms with E-state index in [9.17, 15) is 4.79 Å². The monoisotopic (exact) mass is 302 g/mol. The molecule has 0 aliphatic rings. The van der Waals surface area contributed by atoms with Gasteiger partial charge in [-0.3, -0.25) is 4.79 Å². The maximum Gasteiger partial charge on any atom is 0.237 e. The molecule has 4 heteroatoms. The molecule has 2 rings (SSSR count). The molecule has 0 saturated carbocycles. The average molecular weight is 302 g/mol. The van der Waals surface area contributed by atoms with E-state index in [1.807, 2.05) is 47.8 Å². The molecule has 1 heterocycles. The number of hydrogen-bond acceptors (Lipinski definition) is 3. The molecule has 2 atom stereocenters. The number of rotatable bonds is 6. The van der Waals surface area contributed by atoms with Crippen LogP contribution in [0.2, 0.25) is 0 Å². The number of amides is 1. The lowest BCUT2D eigenvalue weighted by molar-refractivity contribution is -0.123. The van der Waals surface area contributed by atoms with Crippen LogP contribution in [0.1, 0.15) is 36.8 Å². The highest BCUT2D eigenvalue weighted by Crippen LogP contribution is 2.26. The van der Waals surface area contributed by atoms with E-state index in [0.717, 1.165) is 10.4 Å². The van der Waals surface area contributed by atoms with Gasteiger partial charge in [0.25, 0.3) is 0 Å². The van der Waals surface area contributed by atoms with Crippen LogP contribution in [0.25, 0.3) is 0 Å². The molecule has 0 aliphatic carbocycles. The largest absolute Gasteiger partial charge is 0.343 e. The molecule has 1 amide bonds. The number of carbonyl (C=O) groups is 1. The van der Waals surface area contributed by atoms with E-state index in [1.54, 1.807) is 11.3 Å². The van der Waals surface area contributed by atoms with Crippen molar-refractivity contribution in [3.05, 3.63) is 58.3 Å². The Kier molecular flexibility index (Phi) is 5.53. The van der Waals surface area contributed by atoms with Crippen molar-refractivity contribution in [1.82, 2.24) is 5.32 Å². The van der Waals surface area contributed by atoms with Crippen molar-refractivity contribution in [2.75, 3.05) is 0 Å². The van der Waals surface area contributed by atoms with Crippen LogP contribution in [0.4, 0.5) is 0 Å². The number of thiophene rings is 1. The highest BCUT2D eigenvalue weighted by atomic mass is 32.1. The van der Waals surface area contributed by atoms with Gasteiger partial charge in [0.1, 0.15) is 0 Å². The zero-order valence-electron chi connectivity index (χ0n) is 12.5. The summed E-state index contributed by atoms with van der Waals surface area (Å²) in [6.45, 7) is 4.14. The standard InChI is InChI=1S/C17H22N2OS/c1-12(2)11-14(18)17(20)19-16(15-9-6-10-21-15)13-7-4-3-5-8-13/h3-10,12,14,16H,11,18H2,1-2H3,(H,19,20)/t14-,16?/m1/s1. The van der Waals surface area contributed by atoms with Crippen molar-refractivity contribution in [2.24, 2.45) is 11.7 Å². The van der Waals surface area contributed by atoms with Gasteiger partial charge in [0.05, 0.1) is 12.1 Å². The fourth-order valence-corrected chi connectivity index (χ4v) is 3.09. The van der Waals surface area contributed by atoms with Crippen LogP contribution in [0.3, 0.4) is 0 Å². The summed E-state index contributed by atoms with van der Waals surface area (Å²) in [7, 11) is 0. The highest BCUT2D eigenvalue weighted by molar-refractivity contribution is 7.10. The normalized spacial score (nSPS) is 13.9. The Bertz CT molecular complexity index is 551. The van der Waals surface area contributed by atoms with E-state index < -0.39 is 6.04 Å². The Hall–Kier alpha value is -1.65. The quantitative estimate of drug-likeness (QED) is 0.860. The van der Waals surface area contributed by atoms with Crippen molar-refractivity contribution in [2.45, 2.75) is 32.4 Å². The van der Waals surface area contributed by atoms with Crippen LogP contribution in [0, 0.1) is 5.92 Å². The van der Waals surface area contributed by atoms with Gasteiger partial charge >= 0.3 is 0 Å². The lowest BCUT2D eigenvalue weighted by Crippen LogP contribution is -2.43. The van der Waals surface area contributed by atoms with Crippen LogP contribution in [-0.4, -0.2) is 11.9 Å². The van der Waals surface area contributed by atoms with Gasteiger partial charge in [0.2, 0.25) is 5.91 Å². The third-order valence-electron chi connectivity index (χ3n) is 3.31. The topological polar surface area (TPSA) is 55.1 Å². The predicted octanol–water partition coefficient (Wildman–Crippen LogP) is 3.33. The summed E-state index contributed by atoms with van der Waals surface area (Å²) >= 11 is 1.64. The molecule has 2 aromatic rings. The fourth-order valence-electron chi connectivity index (χ4n) is 2.28. The molecule has 112 valence electrons. The average Bonchev–Trinajstić information content (AvgIpc) is 2.98. The number of benzene rings is 1. The van der Waals surface area contributed by atoms with Gasteiger partial charge in [-0.05, 0) is 29.3 Å². The van der Waals surface area contributed by atoms with Crippen LogP contribution in [0.5, 0.6) is 0 Å². The van der Waals surface area contributed by atoms with Gasteiger partial charge in [0.15, 0.2) is 0 Å². The second-order valence-electron chi connectivity index (χ2n) is 5.60. The molecule has 1 unspecified atom stereocenters. The SMILES string of the molecule is CC(C)C[C@@H](N)C(=O)NC(c1ccccc1)c1cccs1. The van der Waals surface area contributed by atoms with E-state index in [1.165, 1.54) is 0 Å². The Morgan fingerprint density at radius 1 is 1.19 bits per heavy atom. The van der Waals surface area contributed by atoms with Gasteiger partial charge < -0.3 is 11.1 Å². The van der Waals surface area contributed by atoms with Crippen molar-refractivity contribution in [3.63, 3.8) is 0 Å². The van der Waals surface area contributed by atoms with Crippen molar-refractivity contribution < 1.29 is 4.79 Å². The number of nitrogens with one attached hydrogen (secondary N) is 1. The molecule has 3 nitrogen and oxygen atoms in total. The molecule has 0 aliphatic heterocycles. The first-order valence-electron chi connectivity index (χ1n) is 7.22. The van der Waals surface area contributed by atoms with E-state index in [-0.39, 0.29) is 11.9 Å². The van der Waals surface area contributed by atoms with Crippen LogP contribution in [-0.2, 0) is 4.79 Å². The van der Waals surface area contributed by atoms with Gasteiger partial charge in [-0.1, -0.05) is 50.2 Å². The lowest BCUT2D eigenvalue weighted by Gasteiger charge is -2.21. The molecule has 0 radical (unpaired) electrons. The van der Waals surface area contributed by atoms with Crippen molar-refractivity contribution in [1.29, 1.82) is 0 Å². The Morgan fingerprint density at radius 3 is 2.48 bits per heavy atom. The minimum atomic E-state index is -0.462. The first kappa shape index (κ1) is 15.7. The summed E-state index contributed by atoms with van der Waals surface area (Å²) < 4.78 is 0. The number of hydrogen-bond donors (Lipinski definition) is 2. The summed E-state index contributed by atoms with van der Waals surface area (Å²) in [4.78, 5) is 13.4. The summed E-state index contributed by atoms with van der Waals surface area (Å²) in [5.74, 6) is 0.314. The summed E-state index contributed by atoms with van der Waals surface area (Å²) in [6, 6.07) is 13.4. The van der Waals surface area contributed by atoms with Crippen LogP contribution >= 0.6 is 11.3 Å². The maximum atomic E-state index is 12.3. The minimum absolute atomic E-state index is 0.0917. The second-order valence-corrected chi connectivity index (χ2v) is 6.58. The molecule has 1 aromatic carbocycles. The molecule has 0 fully saturated rings. The van der Waals surface area contributed by atoms with Gasteiger partial charge in [-0.2, -0.15) is 0 Å². The van der Waals surface area contributed by atoms with Gasteiger partial charge in [0, 0.05) is 4.88 Å². The minimum Gasteiger partial charge on any atom is -0.343 e. The van der Waals surface area contributed by atoms with E-state index >= 15 is 0 Å².